The van der Waals surface area contributed by atoms with Crippen LogP contribution in [-0.4, -0.2) is 26.9 Å². The second-order valence-corrected chi connectivity index (χ2v) is 9.19. The number of carbonyl (C=O) groups excluding carboxylic acids is 1. The van der Waals surface area contributed by atoms with Crippen molar-refractivity contribution in [3.63, 3.8) is 0 Å². The molecule has 1 N–H and O–H groups in total. The van der Waals surface area contributed by atoms with Gasteiger partial charge in [-0.1, -0.05) is 37.3 Å². The Balaban J connectivity index is 1.70. The van der Waals surface area contributed by atoms with Crippen LogP contribution in [0.25, 0.3) is 0 Å². The summed E-state index contributed by atoms with van der Waals surface area (Å²) in [4.78, 5) is 12.2. The first kappa shape index (κ1) is 20.4. The van der Waals surface area contributed by atoms with Crippen LogP contribution in [0.5, 0.6) is 0 Å². The molecule has 6 heteroatoms. The number of para-hydroxylation sites is 1. The molecule has 0 fully saturated rings. The maximum Gasteiger partial charge on any atom is 0.264 e. The molecule has 1 atom stereocenters. The monoisotopic (exact) mass is 400 g/mol. The van der Waals surface area contributed by atoms with E-state index in [2.05, 4.69) is 5.32 Å². The molecule has 28 heavy (non-hydrogen) atoms. The van der Waals surface area contributed by atoms with E-state index in [4.69, 9.17) is 0 Å². The molecule has 0 aliphatic carbocycles. The molecule has 3 rings (SSSR count). The van der Waals surface area contributed by atoms with E-state index < -0.39 is 10.0 Å². The topological polar surface area (TPSA) is 66.5 Å². The smallest absolute Gasteiger partial charge is 0.264 e. The van der Waals surface area contributed by atoms with Gasteiger partial charge in [0.05, 0.1) is 10.6 Å². The summed E-state index contributed by atoms with van der Waals surface area (Å²) in [5, 5.41) is 2.95. The first-order valence-electron chi connectivity index (χ1n) is 9.90. The number of hydrogen-bond donors (Lipinski definition) is 1. The number of fused-ring (bicyclic) bond motifs is 1. The highest BCUT2D eigenvalue weighted by Crippen LogP contribution is 2.31. The Morgan fingerprint density at radius 3 is 2.57 bits per heavy atom. The molecule has 1 heterocycles. The molecule has 0 saturated carbocycles. The summed E-state index contributed by atoms with van der Waals surface area (Å²) >= 11 is 0. The number of nitrogens with one attached hydrogen (secondary N) is 1. The van der Waals surface area contributed by atoms with Gasteiger partial charge in [-0.2, -0.15) is 0 Å². The van der Waals surface area contributed by atoms with Gasteiger partial charge in [0.1, 0.15) is 0 Å². The second kappa shape index (κ2) is 8.78. The first-order valence-corrected chi connectivity index (χ1v) is 11.3. The Hall–Kier alpha value is -2.34. The van der Waals surface area contributed by atoms with Crippen LogP contribution in [0, 0.1) is 0 Å². The molecule has 0 unspecified atom stereocenters. The van der Waals surface area contributed by atoms with Crippen molar-refractivity contribution in [2.75, 3.05) is 10.8 Å². The van der Waals surface area contributed by atoms with Crippen molar-refractivity contribution in [1.82, 2.24) is 5.32 Å². The van der Waals surface area contributed by atoms with Crippen LogP contribution >= 0.6 is 0 Å². The Morgan fingerprint density at radius 2 is 1.86 bits per heavy atom. The quantitative estimate of drug-likeness (QED) is 0.771. The number of sulfonamides is 1. The number of anilines is 1. The van der Waals surface area contributed by atoms with E-state index in [0.29, 0.717) is 19.4 Å². The van der Waals surface area contributed by atoms with Crippen molar-refractivity contribution in [1.29, 1.82) is 0 Å². The zero-order valence-corrected chi connectivity index (χ0v) is 17.3. The van der Waals surface area contributed by atoms with Crippen LogP contribution in [0.15, 0.2) is 53.4 Å². The van der Waals surface area contributed by atoms with E-state index in [1.807, 2.05) is 38.1 Å². The highest BCUT2D eigenvalue weighted by molar-refractivity contribution is 7.92. The molecule has 1 amide bonds. The molecular formula is C22H28N2O3S. The SMILES string of the molecule is CC[C@H](C)NC(=O)CCc1ccc(S(=O)(=O)N2CCCc3ccccc32)cc1. The van der Waals surface area contributed by atoms with Gasteiger partial charge in [0, 0.05) is 19.0 Å². The molecule has 0 bridgehead atoms. The summed E-state index contributed by atoms with van der Waals surface area (Å²) in [6, 6.07) is 14.8. The average Bonchev–Trinajstić information content (AvgIpc) is 2.72. The number of nitrogens with zero attached hydrogens (tertiary/aromatic N) is 1. The lowest BCUT2D eigenvalue weighted by Crippen LogP contribution is -2.35. The van der Waals surface area contributed by atoms with Crippen LogP contribution in [-0.2, 0) is 27.7 Å². The summed E-state index contributed by atoms with van der Waals surface area (Å²) in [6.45, 7) is 4.51. The number of rotatable bonds is 7. The fourth-order valence-corrected chi connectivity index (χ4v) is 4.95. The lowest BCUT2D eigenvalue weighted by Gasteiger charge is -2.30. The zero-order chi connectivity index (χ0) is 20.1. The fraction of sp³-hybridized carbons (Fsp3) is 0.409. The summed E-state index contributed by atoms with van der Waals surface area (Å²) in [7, 11) is -3.59. The average molecular weight is 401 g/mol. The number of carbonyl (C=O) groups is 1. The number of benzene rings is 2. The second-order valence-electron chi connectivity index (χ2n) is 7.33. The highest BCUT2D eigenvalue weighted by atomic mass is 32.2. The molecule has 2 aromatic rings. The van der Waals surface area contributed by atoms with Gasteiger partial charge >= 0.3 is 0 Å². The number of hydrogen-bond acceptors (Lipinski definition) is 3. The van der Waals surface area contributed by atoms with Gasteiger partial charge in [0.25, 0.3) is 10.0 Å². The zero-order valence-electron chi connectivity index (χ0n) is 16.5. The summed E-state index contributed by atoms with van der Waals surface area (Å²) < 4.78 is 27.8. The predicted molar refractivity (Wildman–Crippen MR) is 112 cm³/mol. The van der Waals surface area contributed by atoms with E-state index in [0.717, 1.165) is 36.1 Å². The molecule has 150 valence electrons. The van der Waals surface area contributed by atoms with Crippen LogP contribution in [0.3, 0.4) is 0 Å². The third kappa shape index (κ3) is 4.55. The standard InChI is InChI=1S/C22H28N2O3S/c1-3-17(2)23-22(25)15-12-18-10-13-20(14-11-18)28(26,27)24-16-6-8-19-7-4-5-9-21(19)24/h4-5,7,9-11,13-14,17H,3,6,8,12,15-16H2,1-2H3,(H,23,25)/t17-/m0/s1. The van der Waals surface area contributed by atoms with Crippen LogP contribution in [0.2, 0.25) is 0 Å². The summed E-state index contributed by atoms with van der Waals surface area (Å²) in [5.74, 6) is 0.0240. The minimum Gasteiger partial charge on any atom is -0.354 e. The van der Waals surface area contributed by atoms with E-state index in [-0.39, 0.29) is 16.8 Å². The largest absolute Gasteiger partial charge is 0.354 e. The third-order valence-corrected chi connectivity index (χ3v) is 7.07. The lowest BCUT2D eigenvalue weighted by molar-refractivity contribution is -0.121. The minimum atomic E-state index is -3.59. The Morgan fingerprint density at radius 1 is 1.14 bits per heavy atom. The van der Waals surface area contributed by atoms with Crippen molar-refractivity contribution in [2.24, 2.45) is 0 Å². The van der Waals surface area contributed by atoms with E-state index in [1.165, 1.54) is 4.31 Å². The number of amides is 1. The van der Waals surface area contributed by atoms with E-state index >= 15 is 0 Å². The maximum absolute atomic E-state index is 13.1. The fourth-order valence-electron chi connectivity index (χ4n) is 3.41. The van der Waals surface area contributed by atoms with Crippen molar-refractivity contribution >= 4 is 21.6 Å². The van der Waals surface area contributed by atoms with E-state index in [9.17, 15) is 13.2 Å². The van der Waals surface area contributed by atoms with Gasteiger partial charge in [-0.15, -0.1) is 0 Å². The molecule has 0 spiro atoms. The summed E-state index contributed by atoms with van der Waals surface area (Å²) in [5.41, 5.74) is 2.80. The van der Waals surface area contributed by atoms with Crippen LogP contribution < -0.4 is 9.62 Å². The van der Waals surface area contributed by atoms with Crippen molar-refractivity contribution in [3.05, 3.63) is 59.7 Å². The Kier molecular flexibility index (Phi) is 6.39. The van der Waals surface area contributed by atoms with Gasteiger partial charge in [-0.3, -0.25) is 9.10 Å². The number of aryl methyl sites for hydroxylation is 2. The third-order valence-electron chi connectivity index (χ3n) is 5.24. The van der Waals surface area contributed by atoms with Gasteiger partial charge in [0.2, 0.25) is 5.91 Å². The first-order chi connectivity index (χ1) is 13.4. The Bertz CT molecular complexity index is 923. The molecular weight excluding hydrogens is 372 g/mol. The Labute approximate surface area is 167 Å². The predicted octanol–water partition coefficient (Wildman–Crippen LogP) is 3.68. The molecule has 0 aromatic heterocycles. The van der Waals surface area contributed by atoms with Gasteiger partial charge in [0.15, 0.2) is 0 Å². The maximum atomic E-state index is 13.1. The van der Waals surface area contributed by atoms with Crippen molar-refractivity contribution in [2.45, 2.75) is 56.9 Å². The van der Waals surface area contributed by atoms with Gasteiger partial charge in [-0.25, -0.2) is 8.42 Å². The van der Waals surface area contributed by atoms with Crippen LogP contribution in [0.1, 0.15) is 44.2 Å². The van der Waals surface area contributed by atoms with Crippen molar-refractivity contribution < 1.29 is 13.2 Å². The van der Waals surface area contributed by atoms with E-state index in [1.54, 1.807) is 24.3 Å². The molecule has 0 saturated heterocycles. The molecule has 0 radical (unpaired) electrons. The lowest BCUT2D eigenvalue weighted by atomic mass is 10.0. The molecule has 1 aliphatic heterocycles. The normalized spacial score (nSPS) is 15.0. The minimum absolute atomic E-state index is 0.0240. The van der Waals surface area contributed by atoms with Crippen molar-refractivity contribution in [3.8, 4) is 0 Å². The van der Waals surface area contributed by atoms with Crippen LogP contribution in [0.4, 0.5) is 5.69 Å². The molecule has 2 aromatic carbocycles. The van der Waals surface area contributed by atoms with Gasteiger partial charge < -0.3 is 5.32 Å². The molecule has 5 nitrogen and oxygen atoms in total. The highest BCUT2D eigenvalue weighted by Gasteiger charge is 2.28. The summed E-state index contributed by atoms with van der Waals surface area (Å²) in [6.07, 6.45) is 3.61. The van der Waals surface area contributed by atoms with Gasteiger partial charge in [-0.05, 0) is 61.9 Å². The molecule has 1 aliphatic rings.